The number of rotatable bonds is 10. The van der Waals surface area contributed by atoms with Crippen molar-refractivity contribution in [2.75, 3.05) is 6.61 Å². The zero-order valence-electron chi connectivity index (χ0n) is 19.0. The minimum atomic E-state index is -1.42. The maximum atomic E-state index is 12.7. The molecule has 1 heterocycles. The number of benzene rings is 2. The van der Waals surface area contributed by atoms with E-state index in [0.29, 0.717) is 29.1 Å². The molecule has 3 aromatic rings. The second kappa shape index (κ2) is 10.4. The summed E-state index contributed by atoms with van der Waals surface area (Å²) >= 11 is 0. The number of hydrogen-bond acceptors (Lipinski definition) is 5. The molecule has 0 unspecified atom stereocenters. The second-order valence-electron chi connectivity index (χ2n) is 8.06. The Kier molecular flexibility index (Phi) is 7.59. The number of aryl methyl sites for hydroxylation is 2. The van der Waals surface area contributed by atoms with Gasteiger partial charge in [-0.05, 0) is 37.0 Å². The van der Waals surface area contributed by atoms with E-state index in [1.807, 2.05) is 80.6 Å². The Hall–Kier alpha value is -3.25. The summed E-state index contributed by atoms with van der Waals surface area (Å²) in [6.45, 7) is 8.15. The number of aliphatic carboxylic acids is 1. The molecule has 0 spiro atoms. The lowest BCUT2D eigenvalue weighted by Gasteiger charge is -2.39. The number of ether oxygens (including phenoxy) is 2. The summed E-state index contributed by atoms with van der Waals surface area (Å²) in [6, 6.07) is 20.5. The molecule has 0 aliphatic heterocycles. The fourth-order valence-electron chi connectivity index (χ4n) is 3.63. The molecule has 32 heavy (non-hydrogen) atoms. The standard InChI is InChI=1S/C26H30N2O4/c1-5-18(2)17-31-26(21-12-8-6-9-13-21,22-14-10-7-11-15-22)23(24(29)30)32-25-27-19(3)16-20(4)28-25/h6-16,18,23H,5,17H2,1-4H3,(H,29,30)/t18-,23-/m1/s1. The van der Waals surface area contributed by atoms with Gasteiger partial charge in [0.15, 0.2) is 5.60 Å². The summed E-state index contributed by atoms with van der Waals surface area (Å²) in [6.07, 6.45) is -0.518. The molecule has 0 aliphatic carbocycles. The molecule has 6 heteroatoms. The highest BCUT2D eigenvalue weighted by Crippen LogP contribution is 2.39. The van der Waals surface area contributed by atoms with Crippen molar-refractivity contribution in [3.05, 3.63) is 89.2 Å². The van der Waals surface area contributed by atoms with Crippen LogP contribution in [0.3, 0.4) is 0 Å². The zero-order valence-corrected chi connectivity index (χ0v) is 19.0. The van der Waals surface area contributed by atoms with Crippen molar-refractivity contribution in [3.8, 4) is 6.01 Å². The molecule has 6 nitrogen and oxygen atoms in total. The summed E-state index contributed by atoms with van der Waals surface area (Å²) in [7, 11) is 0. The molecular formula is C26H30N2O4. The summed E-state index contributed by atoms with van der Waals surface area (Å²) in [5.74, 6) is -0.932. The van der Waals surface area contributed by atoms with E-state index in [-0.39, 0.29) is 11.9 Å². The Balaban J connectivity index is 2.22. The second-order valence-corrected chi connectivity index (χ2v) is 8.06. The van der Waals surface area contributed by atoms with E-state index in [4.69, 9.17) is 9.47 Å². The third-order valence-corrected chi connectivity index (χ3v) is 5.48. The average molecular weight is 435 g/mol. The summed E-state index contributed by atoms with van der Waals surface area (Å²) in [5.41, 5.74) is 1.36. The fourth-order valence-corrected chi connectivity index (χ4v) is 3.63. The molecule has 1 aromatic heterocycles. The lowest BCUT2D eigenvalue weighted by atomic mass is 9.81. The number of nitrogens with zero attached hydrogens (tertiary/aromatic N) is 2. The Bertz CT molecular complexity index is 965. The van der Waals surface area contributed by atoms with Gasteiger partial charge in [-0.1, -0.05) is 80.9 Å². The number of carboxylic acids is 1. The van der Waals surface area contributed by atoms with Crippen molar-refractivity contribution in [2.45, 2.75) is 45.8 Å². The van der Waals surface area contributed by atoms with E-state index in [9.17, 15) is 9.90 Å². The summed E-state index contributed by atoms with van der Waals surface area (Å²) in [5, 5.41) is 10.4. The third-order valence-electron chi connectivity index (χ3n) is 5.48. The summed E-state index contributed by atoms with van der Waals surface area (Å²) in [4.78, 5) is 21.4. The first kappa shape index (κ1) is 23.4. The lowest BCUT2D eigenvalue weighted by molar-refractivity contribution is -0.166. The van der Waals surface area contributed by atoms with Crippen LogP contribution in [0.2, 0.25) is 0 Å². The van der Waals surface area contributed by atoms with Gasteiger partial charge < -0.3 is 14.6 Å². The molecule has 0 amide bonds. The molecule has 0 aliphatic rings. The van der Waals surface area contributed by atoms with Gasteiger partial charge in [0, 0.05) is 11.4 Å². The van der Waals surface area contributed by atoms with Crippen LogP contribution in [0, 0.1) is 19.8 Å². The van der Waals surface area contributed by atoms with Crippen LogP contribution in [0.5, 0.6) is 6.01 Å². The molecule has 0 saturated heterocycles. The van der Waals surface area contributed by atoms with Crippen molar-refractivity contribution in [1.82, 2.24) is 9.97 Å². The normalized spacial score (nSPS) is 13.4. The van der Waals surface area contributed by atoms with Gasteiger partial charge >= 0.3 is 12.0 Å². The molecule has 0 saturated carbocycles. The number of hydrogen-bond donors (Lipinski definition) is 1. The van der Waals surface area contributed by atoms with Crippen LogP contribution >= 0.6 is 0 Å². The van der Waals surface area contributed by atoms with Crippen molar-refractivity contribution >= 4 is 5.97 Å². The Morgan fingerprint density at radius 2 is 1.47 bits per heavy atom. The Morgan fingerprint density at radius 1 is 0.969 bits per heavy atom. The zero-order chi connectivity index (χ0) is 23.1. The molecule has 0 fully saturated rings. The monoisotopic (exact) mass is 434 g/mol. The highest BCUT2D eigenvalue weighted by atomic mass is 16.6. The first-order valence-electron chi connectivity index (χ1n) is 10.8. The van der Waals surface area contributed by atoms with E-state index in [1.165, 1.54) is 0 Å². The fraction of sp³-hybridized carbons (Fsp3) is 0.346. The number of carboxylic acid groups (broad SMARTS) is 1. The predicted molar refractivity (Wildman–Crippen MR) is 123 cm³/mol. The van der Waals surface area contributed by atoms with Gasteiger partial charge in [-0.15, -0.1) is 0 Å². The first-order valence-corrected chi connectivity index (χ1v) is 10.8. The van der Waals surface area contributed by atoms with E-state index in [0.717, 1.165) is 6.42 Å². The molecule has 0 bridgehead atoms. The van der Waals surface area contributed by atoms with Crippen LogP contribution in [0.1, 0.15) is 42.8 Å². The molecule has 2 atom stereocenters. The van der Waals surface area contributed by atoms with E-state index in [2.05, 4.69) is 23.8 Å². The minimum Gasteiger partial charge on any atom is -0.478 e. The third kappa shape index (κ3) is 5.14. The van der Waals surface area contributed by atoms with Gasteiger partial charge in [-0.25, -0.2) is 14.8 Å². The van der Waals surface area contributed by atoms with E-state index >= 15 is 0 Å². The minimum absolute atomic E-state index is 0.0123. The van der Waals surface area contributed by atoms with Crippen LogP contribution in [-0.4, -0.2) is 33.8 Å². The predicted octanol–water partition coefficient (Wildman–Crippen LogP) is 4.93. The van der Waals surface area contributed by atoms with E-state index < -0.39 is 17.7 Å². The quantitative estimate of drug-likeness (QED) is 0.487. The molecule has 0 radical (unpaired) electrons. The highest BCUT2D eigenvalue weighted by molar-refractivity contribution is 5.76. The SMILES string of the molecule is CC[C@@H](C)COC(c1ccccc1)(c1ccccc1)[C@H](Oc1nc(C)cc(C)n1)C(=O)O. The van der Waals surface area contributed by atoms with Gasteiger partial charge in [-0.3, -0.25) is 0 Å². The first-order chi connectivity index (χ1) is 15.4. The van der Waals surface area contributed by atoms with Crippen LogP contribution in [-0.2, 0) is 15.1 Å². The lowest BCUT2D eigenvalue weighted by Crippen LogP contribution is -2.52. The molecule has 1 N–H and O–H groups in total. The van der Waals surface area contributed by atoms with Crippen LogP contribution in [0.15, 0.2) is 66.7 Å². The molecular weight excluding hydrogens is 404 g/mol. The van der Waals surface area contributed by atoms with Gasteiger partial charge in [0.1, 0.15) is 0 Å². The molecule has 3 rings (SSSR count). The molecule has 168 valence electrons. The van der Waals surface area contributed by atoms with Gasteiger partial charge in [0.2, 0.25) is 6.10 Å². The average Bonchev–Trinajstić information content (AvgIpc) is 2.79. The highest BCUT2D eigenvalue weighted by Gasteiger charge is 2.50. The Morgan fingerprint density at radius 3 is 1.91 bits per heavy atom. The van der Waals surface area contributed by atoms with Crippen LogP contribution in [0.4, 0.5) is 0 Å². The van der Waals surface area contributed by atoms with Crippen molar-refractivity contribution in [1.29, 1.82) is 0 Å². The van der Waals surface area contributed by atoms with E-state index in [1.54, 1.807) is 0 Å². The maximum Gasteiger partial charge on any atom is 0.348 e. The maximum absolute atomic E-state index is 12.7. The van der Waals surface area contributed by atoms with Crippen molar-refractivity contribution in [2.24, 2.45) is 5.92 Å². The van der Waals surface area contributed by atoms with Gasteiger partial charge in [0.25, 0.3) is 0 Å². The van der Waals surface area contributed by atoms with Gasteiger partial charge in [0.05, 0.1) is 6.61 Å². The smallest absolute Gasteiger partial charge is 0.348 e. The number of aromatic nitrogens is 2. The summed E-state index contributed by atoms with van der Waals surface area (Å²) < 4.78 is 12.6. The molecule has 2 aromatic carbocycles. The largest absolute Gasteiger partial charge is 0.478 e. The van der Waals surface area contributed by atoms with Crippen LogP contribution in [0.25, 0.3) is 0 Å². The van der Waals surface area contributed by atoms with Crippen molar-refractivity contribution < 1.29 is 19.4 Å². The number of carbonyl (C=O) groups is 1. The van der Waals surface area contributed by atoms with Crippen molar-refractivity contribution in [3.63, 3.8) is 0 Å². The van der Waals surface area contributed by atoms with Gasteiger partial charge in [-0.2, -0.15) is 0 Å². The Labute approximate surface area is 189 Å². The topological polar surface area (TPSA) is 81.5 Å². The van der Waals surface area contributed by atoms with Crippen LogP contribution < -0.4 is 4.74 Å².